The van der Waals surface area contributed by atoms with Gasteiger partial charge in [0, 0.05) is 17.3 Å². The summed E-state index contributed by atoms with van der Waals surface area (Å²) in [5.74, 6) is 0. The minimum absolute atomic E-state index is 0.101. The van der Waals surface area contributed by atoms with Crippen molar-refractivity contribution in [2.75, 3.05) is 0 Å². The molecule has 0 spiro atoms. The Balaban J connectivity index is 1.89. The molecule has 0 saturated carbocycles. The highest BCUT2D eigenvalue weighted by atomic mass is 35.5. The lowest BCUT2D eigenvalue weighted by Crippen LogP contribution is -2.09. The van der Waals surface area contributed by atoms with Gasteiger partial charge < -0.3 is 4.57 Å². The van der Waals surface area contributed by atoms with Crippen molar-refractivity contribution < 1.29 is 0 Å². The van der Waals surface area contributed by atoms with Crippen molar-refractivity contribution in [2.24, 2.45) is 0 Å². The second-order valence-corrected chi connectivity index (χ2v) is 6.91. The zero-order valence-electron chi connectivity index (χ0n) is 11.7. The van der Waals surface area contributed by atoms with E-state index in [1.807, 2.05) is 24.8 Å². The first-order valence-corrected chi connectivity index (χ1v) is 8.22. The number of halogens is 1. The summed E-state index contributed by atoms with van der Waals surface area (Å²) >= 11 is 7.75. The van der Waals surface area contributed by atoms with Crippen molar-refractivity contribution in [3.8, 4) is 0 Å². The summed E-state index contributed by atoms with van der Waals surface area (Å²) in [5.41, 5.74) is 1.23. The van der Waals surface area contributed by atoms with E-state index in [9.17, 15) is 0 Å². The maximum Gasteiger partial charge on any atom is 0.0954 e. The molecule has 1 unspecified atom stereocenters. The van der Waals surface area contributed by atoms with Crippen molar-refractivity contribution >= 4 is 33.7 Å². The highest BCUT2D eigenvalue weighted by molar-refractivity contribution is 7.16. The van der Waals surface area contributed by atoms with Crippen LogP contribution in [-0.2, 0) is 0 Å². The molecular formula is C18H13ClN2S. The Morgan fingerprint density at radius 1 is 1.00 bits per heavy atom. The molecule has 0 aliphatic heterocycles. The maximum atomic E-state index is 6.14. The molecule has 2 aromatic carbocycles. The van der Waals surface area contributed by atoms with Crippen molar-refractivity contribution in [3.63, 3.8) is 0 Å². The Labute approximate surface area is 137 Å². The second-order valence-electron chi connectivity index (χ2n) is 5.16. The van der Waals surface area contributed by atoms with E-state index in [1.165, 1.54) is 21.2 Å². The molecule has 22 heavy (non-hydrogen) atoms. The Hall–Kier alpha value is -2.10. The van der Waals surface area contributed by atoms with E-state index in [1.54, 1.807) is 11.3 Å². The van der Waals surface area contributed by atoms with Crippen LogP contribution in [0.25, 0.3) is 10.8 Å². The van der Waals surface area contributed by atoms with Crippen LogP contribution < -0.4 is 0 Å². The number of rotatable bonds is 3. The van der Waals surface area contributed by atoms with Gasteiger partial charge in [0.2, 0.25) is 0 Å². The van der Waals surface area contributed by atoms with Crippen LogP contribution in [0.3, 0.4) is 0 Å². The number of hydrogen-bond acceptors (Lipinski definition) is 2. The molecule has 0 amide bonds. The first-order chi connectivity index (χ1) is 10.8. The molecule has 0 aliphatic rings. The topological polar surface area (TPSA) is 17.8 Å². The second kappa shape index (κ2) is 5.59. The molecule has 0 fully saturated rings. The Kier molecular flexibility index (Phi) is 3.45. The standard InChI is InChI=1S/C18H13ClN2S/c19-17-8-7-16(22-17)18(21-10-9-20-12-21)15-6-5-13-3-1-2-4-14(13)11-15/h1-12,18H. The van der Waals surface area contributed by atoms with Gasteiger partial charge >= 0.3 is 0 Å². The van der Waals surface area contributed by atoms with Gasteiger partial charge in [0.1, 0.15) is 0 Å². The first kappa shape index (κ1) is 13.6. The zero-order valence-corrected chi connectivity index (χ0v) is 13.3. The summed E-state index contributed by atoms with van der Waals surface area (Å²) in [6.45, 7) is 0. The van der Waals surface area contributed by atoms with Gasteiger partial charge in [0.15, 0.2) is 0 Å². The van der Waals surface area contributed by atoms with Gasteiger partial charge in [-0.25, -0.2) is 4.98 Å². The monoisotopic (exact) mass is 324 g/mol. The summed E-state index contributed by atoms with van der Waals surface area (Å²) < 4.78 is 2.92. The van der Waals surface area contributed by atoms with Gasteiger partial charge in [-0.1, -0.05) is 48.0 Å². The van der Waals surface area contributed by atoms with Crippen LogP contribution in [0.4, 0.5) is 0 Å². The molecule has 4 rings (SSSR count). The molecule has 0 saturated heterocycles. The summed E-state index contributed by atoms with van der Waals surface area (Å²) in [6, 6.07) is 19.1. The van der Waals surface area contributed by atoms with Crippen LogP contribution in [0.5, 0.6) is 0 Å². The van der Waals surface area contributed by atoms with Gasteiger partial charge in [0.05, 0.1) is 16.7 Å². The van der Waals surface area contributed by atoms with Crippen LogP contribution in [0.1, 0.15) is 16.5 Å². The average Bonchev–Trinajstić information content (AvgIpc) is 3.20. The molecule has 2 nitrogen and oxygen atoms in total. The number of imidazole rings is 1. The van der Waals surface area contributed by atoms with Gasteiger partial charge in [-0.15, -0.1) is 11.3 Å². The Bertz CT molecular complexity index is 912. The van der Waals surface area contributed by atoms with E-state index in [2.05, 4.69) is 58.1 Å². The molecule has 4 aromatic rings. The maximum absolute atomic E-state index is 6.14. The van der Waals surface area contributed by atoms with Gasteiger partial charge in [-0.05, 0) is 34.5 Å². The quantitative estimate of drug-likeness (QED) is 0.494. The lowest BCUT2D eigenvalue weighted by atomic mass is 10.0. The number of aromatic nitrogens is 2. The summed E-state index contributed by atoms with van der Waals surface area (Å²) in [4.78, 5) is 5.40. The van der Waals surface area contributed by atoms with Crippen LogP contribution in [0.15, 0.2) is 73.3 Å². The molecule has 108 valence electrons. The average molecular weight is 325 g/mol. The largest absolute Gasteiger partial charge is 0.325 e. The van der Waals surface area contributed by atoms with Crippen molar-refractivity contribution in [1.82, 2.24) is 9.55 Å². The highest BCUT2D eigenvalue weighted by Crippen LogP contribution is 2.34. The van der Waals surface area contributed by atoms with Crippen LogP contribution in [0.2, 0.25) is 4.34 Å². The molecule has 2 aromatic heterocycles. The smallest absolute Gasteiger partial charge is 0.0954 e. The van der Waals surface area contributed by atoms with E-state index in [4.69, 9.17) is 11.6 Å². The van der Waals surface area contributed by atoms with Crippen molar-refractivity contribution in [1.29, 1.82) is 0 Å². The minimum Gasteiger partial charge on any atom is -0.325 e. The fraction of sp³-hybridized carbons (Fsp3) is 0.0556. The normalized spacial score (nSPS) is 12.6. The van der Waals surface area contributed by atoms with Gasteiger partial charge in [0.25, 0.3) is 0 Å². The fourth-order valence-electron chi connectivity index (χ4n) is 2.76. The number of thiophene rings is 1. The third kappa shape index (κ3) is 2.43. The van der Waals surface area contributed by atoms with E-state index in [0.29, 0.717) is 0 Å². The van der Waals surface area contributed by atoms with Gasteiger partial charge in [-0.3, -0.25) is 0 Å². The number of nitrogens with zero attached hydrogens (tertiary/aromatic N) is 2. The highest BCUT2D eigenvalue weighted by Gasteiger charge is 2.18. The molecule has 0 bridgehead atoms. The van der Waals surface area contributed by atoms with Crippen LogP contribution in [0, 0.1) is 0 Å². The van der Waals surface area contributed by atoms with Gasteiger partial charge in [-0.2, -0.15) is 0 Å². The predicted molar refractivity (Wildman–Crippen MR) is 92.7 cm³/mol. The molecular weight excluding hydrogens is 312 g/mol. The number of hydrogen-bond donors (Lipinski definition) is 0. The van der Waals surface area contributed by atoms with Crippen molar-refractivity contribution in [2.45, 2.75) is 6.04 Å². The summed E-state index contributed by atoms with van der Waals surface area (Å²) in [5, 5.41) is 2.49. The summed E-state index contributed by atoms with van der Waals surface area (Å²) in [6.07, 6.45) is 5.66. The van der Waals surface area contributed by atoms with E-state index < -0.39 is 0 Å². The molecule has 2 heterocycles. The lowest BCUT2D eigenvalue weighted by Gasteiger charge is -2.18. The molecule has 4 heteroatoms. The lowest BCUT2D eigenvalue weighted by molar-refractivity contribution is 0.689. The third-order valence-corrected chi connectivity index (χ3v) is 5.06. The zero-order chi connectivity index (χ0) is 14.9. The van der Waals surface area contributed by atoms with E-state index in [0.717, 1.165) is 4.34 Å². The SMILES string of the molecule is Clc1ccc(C(c2ccc3ccccc3c2)n2ccnc2)s1. The Morgan fingerprint density at radius 2 is 1.86 bits per heavy atom. The van der Waals surface area contributed by atoms with Crippen LogP contribution in [-0.4, -0.2) is 9.55 Å². The molecule has 1 atom stereocenters. The minimum atomic E-state index is 0.101. The van der Waals surface area contributed by atoms with E-state index in [-0.39, 0.29) is 6.04 Å². The van der Waals surface area contributed by atoms with Crippen LogP contribution >= 0.6 is 22.9 Å². The predicted octanol–water partition coefficient (Wildman–Crippen LogP) is 5.39. The first-order valence-electron chi connectivity index (χ1n) is 7.02. The fourth-order valence-corrected chi connectivity index (χ4v) is 3.96. The molecule has 0 N–H and O–H groups in total. The van der Waals surface area contributed by atoms with E-state index >= 15 is 0 Å². The molecule has 0 aliphatic carbocycles. The Morgan fingerprint density at radius 3 is 2.59 bits per heavy atom. The number of fused-ring (bicyclic) bond motifs is 1. The molecule has 0 radical (unpaired) electrons. The number of benzene rings is 2. The van der Waals surface area contributed by atoms with Crippen molar-refractivity contribution in [3.05, 3.63) is 88.1 Å². The third-order valence-electron chi connectivity index (χ3n) is 3.78. The summed E-state index contributed by atoms with van der Waals surface area (Å²) in [7, 11) is 0.